The maximum Gasteiger partial charge on any atom is 0.318 e. The average Bonchev–Trinajstić information content (AvgIpc) is 2.98. The third-order valence-corrected chi connectivity index (χ3v) is 5.42. The van der Waals surface area contributed by atoms with E-state index in [1.807, 2.05) is 24.3 Å². The highest BCUT2D eigenvalue weighted by Gasteiger charge is 2.70. The minimum absolute atomic E-state index is 0.0233. The maximum atomic E-state index is 12.6. The lowest BCUT2D eigenvalue weighted by Gasteiger charge is -2.42. The summed E-state index contributed by atoms with van der Waals surface area (Å²) in [5.41, 5.74) is -0.360. The van der Waals surface area contributed by atoms with Crippen molar-refractivity contribution in [2.45, 2.75) is 42.7 Å². The predicted octanol–water partition coefficient (Wildman–Crippen LogP) is 1.13. The second-order valence-electron chi connectivity index (χ2n) is 6.25. The molecular weight excluding hydrogens is 270 g/mol. The Morgan fingerprint density at radius 3 is 2.86 bits per heavy atom. The first-order chi connectivity index (χ1) is 10.0. The third kappa shape index (κ3) is 1.30. The van der Waals surface area contributed by atoms with E-state index in [2.05, 4.69) is 0 Å². The molecule has 0 bridgehead atoms. The lowest BCUT2D eigenvalue weighted by atomic mass is 9.74. The Kier molecular flexibility index (Phi) is 2.35. The molecule has 5 heteroatoms. The van der Waals surface area contributed by atoms with Gasteiger partial charge in [0.05, 0.1) is 18.8 Å². The Morgan fingerprint density at radius 2 is 2.10 bits per heavy atom. The van der Waals surface area contributed by atoms with Crippen molar-refractivity contribution in [2.75, 3.05) is 12.0 Å². The smallest absolute Gasteiger partial charge is 0.318 e. The van der Waals surface area contributed by atoms with Crippen LogP contribution in [0.25, 0.3) is 0 Å². The number of hydrogen-bond acceptors (Lipinski definition) is 4. The Morgan fingerprint density at radius 1 is 1.33 bits per heavy atom. The predicted molar refractivity (Wildman–Crippen MR) is 74.8 cm³/mol. The fraction of sp³-hybridized carbons (Fsp3) is 0.500. The molecule has 0 radical (unpaired) electrons. The summed E-state index contributed by atoms with van der Waals surface area (Å²) < 4.78 is 5.05. The largest absolute Gasteiger partial charge is 0.468 e. The van der Waals surface area contributed by atoms with E-state index in [-0.39, 0.29) is 11.9 Å². The van der Waals surface area contributed by atoms with Gasteiger partial charge < -0.3 is 14.7 Å². The van der Waals surface area contributed by atoms with Gasteiger partial charge in [0.1, 0.15) is 5.41 Å². The maximum absolute atomic E-state index is 12.6. The van der Waals surface area contributed by atoms with Crippen molar-refractivity contribution < 1.29 is 19.4 Å². The first-order valence-corrected chi connectivity index (χ1v) is 7.27. The molecule has 2 aliphatic heterocycles. The number of anilines is 1. The molecule has 1 saturated carbocycles. The number of benzene rings is 1. The summed E-state index contributed by atoms with van der Waals surface area (Å²) in [6, 6.07) is 6.91. The fourth-order valence-electron chi connectivity index (χ4n) is 4.58. The topological polar surface area (TPSA) is 66.8 Å². The molecule has 1 N–H and O–H groups in total. The van der Waals surface area contributed by atoms with Gasteiger partial charge in [0.25, 0.3) is 0 Å². The number of piperidine rings is 1. The van der Waals surface area contributed by atoms with Crippen molar-refractivity contribution in [3.05, 3.63) is 29.8 Å². The first kappa shape index (κ1) is 12.8. The molecule has 4 rings (SSSR count). The van der Waals surface area contributed by atoms with E-state index in [4.69, 9.17) is 4.74 Å². The van der Waals surface area contributed by atoms with Gasteiger partial charge in [-0.05, 0) is 30.9 Å². The SMILES string of the molecule is COC(=O)[C@]12CC[C@]3(O)CCC(=O)N(c4ccccc41)[C@@H]32. The summed E-state index contributed by atoms with van der Waals surface area (Å²) in [5, 5.41) is 11.0. The van der Waals surface area contributed by atoms with E-state index < -0.39 is 17.1 Å². The lowest BCUT2D eigenvalue weighted by Crippen LogP contribution is -2.61. The van der Waals surface area contributed by atoms with Crippen LogP contribution in [0, 0.1) is 0 Å². The number of carbonyl (C=O) groups excluding carboxylic acids is 2. The Labute approximate surface area is 122 Å². The minimum Gasteiger partial charge on any atom is -0.468 e. The molecule has 1 aromatic carbocycles. The van der Waals surface area contributed by atoms with E-state index in [0.717, 1.165) is 11.3 Å². The van der Waals surface area contributed by atoms with Crippen LogP contribution >= 0.6 is 0 Å². The quantitative estimate of drug-likeness (QED) is 0.786. The van der Waals surface area contributed by atoms with Gasteiger partial charge in [0.15, 0.2) is 0 Å². The number of amides is 1. The van der Waals surface area contributed by atoms with Crippen LogP contribution in [-0.2, 0) is 19.7 Å². The molecule has 3 aliphatic rings. The van der Waals surface area contributed by atoms with Crippen molar-refractivity contribution in [3.8, 4) is 0 Å². The van der Waals surface area contributed by atoms with Crippen LogP contribution in [0.5, 0.6) is 0 Å². The van der Waals surface area contributed by atoms with Crippen molar-refractivity contribution in [1.29, 1.82) is 0 Å². The first-order valence-electron chi connectivity index (χ1n) is 7.27. The molecule has 5 nitrogen and oxygen atoms in total. The number of para-hydroxylation sites is 1. The number of fused-ring (bicyclic) bond motifs is 3. The second-order valence-corrected chi connectivity index (χ2v) is 6.25. The van der Waals surface area contributed by atoms with E-state index in [1.54, 1.807) is 4.90 Å². The molecule has 1 saturated heterocycles. The molecule has 1 aliphatic carbocycles. The van der Waals surface area contributed by atoms with Crippen LogP contribution in [-0.4, -0.2) is 35.7 Å². The Balaban J connectivity index is 2.02. The zero-order valence-corrected chi connectivity index (χ0v) is 11.8. The van der Waals surface area contributed by atoms with Gasteiger partial charge in [0.2, 0.25) is 5.91 Å². The number of aliphatic hydroxyl groups is 1. The average molecular weight is 287 g/mol. The van der Waals surface area contributed by atoms with Gasteiger partial charge in [-0.15, -0.1) is 0 Å². The molecule has 0 unspecified atom stereocenters. The zero-order chi connectivity index (χ0) is 14.8. The zero-order valence-electron chi connectivity index (χ0n) is 11.8. The van der Waals surface area contributed by atoms with Crippen LogP contribution < -0.4 is 4.90 Å². The highest BCUT2D eigenvalue weighted by molar-refractivity contribution is 6.04. The van der Waals surface area contributed by atoms with E-state index in [0.29, 0.717) is 25.7 Å². The standard InChI is InChI=1S/C16H17NO4/c1-21-14(19)16-9-8-15(20)7-6-12(18)17(13(15)16)11-5-3-2-4-10(11)16/h2-5,13,20H,6-9H2,1H3/t13-,15+,16+/m0/s1. The summed E-state index contributed by atoms with van der Waals surface area (Å²) in [6.45, 7) is 0. The normalized spacial score (nSPS) is 36.4. The van der Waals surface area contributed by atoms with Crippen LogP contribution in [0.1, 0.15) is 31.2 Å². The van der Waals surface area contributed by atoms with Crippen molar-refractivity contribution in [1.82, 2.24) is 0 Å². The molecule has 2 fully saturated rings. The van der Waals surface area contributed by atoms with Gasteiger partial charge in [-0.1, -0.05) is 18.2 Å². The van der Waals surface area contributed by atoms with E-state index in [9.17, 15) is 14.7 Å². The number of esters is 1. The van der Waals surface area contributed by atoms with Crippen molar-refractivity contribution >= 4 is 17.6 Å². The summed E-state index contributed by atoms with van der Waals surface area (Å²) in [5.74, 6) is -0.377. The Hall–Kier alpha value is -1.88. The van der Waals surface area contributed by atoms with Crippen LogP contribution in [0.2, 0.25) is 0 Å². The molecule has 1 amide bonds. The Bertz CT molecular complexity index is 657. The van der Waals surface area contributed by atoms with E-state index >= 15 is 0 Å². The van der Waals surface area contributed by atoms with Gasteiger partial charge >= 0.3 is 5.97 Å². The summed E-state index contributed by atoms with van der Waals surface area (Å²) >= 11 is 0. The summed E-state index contributed by atoms with van der Waals surface area (Å²) in [6.07, 6.45) is 1.77. The highest BCUT2D eigenvalue weighted by Crippen LogP contribution is 2.60. The number of carbonyl (C=O) groups is 2. The minimum atomic E-state index is -0.999. The lowest BCUT2D eigenvalue weighted by molar-refractivity contribution is -0.149. The highest BCUT2D eigenvalue weighted by atomic mass is 16.5. The van der Waals surface area contributed by atoms with Crippen LogP contribution in [0.4, 0.5) is 5.69 Å². The number of ether oxygens (including phenoxy) is 1. The van der Waals surface area contributed by atoms with Gasteiger partial charge in [0, 0.05) is 12.1 Å². The third-order valence-electron chi connectivity index (χ3n) is 5.42. The monoisotopic (exact) mass is 287 g/mol. The second kappa shape index (κ2) is 3.85. The molecular formula is C16H17NO4. The summed E-state index contributed by atoms with van der Waals surface area (Å²) in [7, 11) is 1.37. The molecule has 0 spiro atoms. The molecule has 1 aromatic rings. The summed E-state index contributed by atoms with van der Waals surface area (Å²) in [4.78, 5) is 26.6. The molecule has 3 atom stereocenters. The van der Waals surface area contributed by atoms with Crippen LogP contribution in [0.15, 0.2) is 24.3 Å². The van der Waals surface area contributed by atoms with Gasteiger partial charge in [-0.2, -0.15) is 0 Å². The van der Waals surface area contributed by atoms with Crippen molar-refractivity contribution in [2.24, 2.45) is 0 Å². The number of methoxy groups -OCH3 is 1. The van der Waals surface area contributed by atoms with Crippen molar-refractivity contribution in [3.63, 3.8) is 0 Å². The van der Waals surface area contributed by atoms with Gasteiger partial charge in [-0.25, -0.2) is 0 Å². The van der Waals surface area contributed by atoms with Gasteiger partial charge in [-0.3, -0.25) is 9.59 Å². The molecule has 21 heavy (non-hydrogen) atoms. The number of nitrogens with zero attached hydrogens (tertiary/aromatic N) is 1. The van der Waals surface area contributed by atoms with Crippen LogP contribution in [0.3, 0.4) is 0 Å². The number of hydrogen-bond donors (Lipinski definition) is 1. The molecule has 0 aromatic heterocycles. The number of rotatable bonds is 1. The molecule has 2 heterocycles. The van der Waals surface area contributed by atoms with E-state index in [1.165, 1.54) is 7.11 Å². The molecule has 110 valence electrons. The fourth-order valence-corrected chi connectivity index (χ4v) is 4.58.